The predicted octanol–water partition coefficient (Wildman–Crippen LogP) is 2.17. The summed E-state index contributed by atoms with van der Waals surface area (Å²) >= 11 is 0. The van der Waals surface area contributed by atoms with Crippen molar-refractivity contribution in [3.63, 3.8) is 0 Å². The van der Waals surface area contributed by atoms with E-state index in [1.165, 1.54) is 12.4 Å². The number of hydrogen-bond donors (Lipinski definition) is 0. The summed E-state index contributed by atoms with van der Waals surface area (Å²) in [6.45, 7) is 6.37. The smallest absolute Gasteiger partial charge is 0.189 e. The molecule has 0 aliphatic heterocycles. The van der Waals surface area contributed by atoms with Gasteiger partial charge in [-0.25, -0.2) is 0 Å². The molecule has 0 N–H and O–H groups in total. The summed E-state index contributed by atoms with van der Waals surface area (Å²) in [6.07, 6.45) is 4.80. The van der Waals surface area contributed by atoms with Gasteiger partial charge < -0.3 is 5.21 Å². The van der Waals surface area contributed by atoms with Crippen molar-refractivity contribution in [1.82, 2.24) is 4.98 Å². The average Bonchev–Trinajstić information content (AvgIpc) is 2.15. The average molecular weight is 202 g/mol. The van der Waals surface area contributed by atoms with Crippen LogP contribution < -0.4 is 4.73 Å². The van der Waals surface area contributed by atoms with Gasteiger partial charge in [0.1, 0.15) is 0 Å². The third kappa shape index (κ3) is 1.91. The summed E-state index contributed by atoms with van der Waals surface area (Å²) in [4.78, 5) is 4.37. The lowest BCUT2D eigenvalue weighted by molar-refractivity contribution is -0.603. The van der Waals surface area contributed by atoms with E-state index in [2.05, 4.69) is 25.8 Å². The van der Waals surface area contributed by atoms with Crippen molar-refractivity contribution in [2.45, 2.75) is 26.2 Å². The molecule has 0 atom stereocenters. The first-order valence-electron chi connectivity index (χ1n) is 4.96. The first kappa shape index (κ1) is 9.90. The molecule has 2 rings (SSSR count). The molecule has 78 valence electrons. The Hall–Kier alpha value is -1.64. The zero-order valence-electron chi connectivity index (χ0n) is 9.19. The van der Waals surface area contributed by atoms with Crippen LogP contribution in [0.3, 0.4) is 0 Å². The van der Waals surface area contributed by atoms with Crippen molar-refractivity contribution in [2.75, 3.05) is 0 Å². The number of rotatable bonds is 0. The summed E-state index contributed by atoms with van der Waals surface area (Å²) < 4.78 is 0.792. The van der Waals surface area contributed by atoms with Crippen LogP contribution in [-0.4, -0.2) is 4.98 Å². The number of pyridine rings is 2. The molecule has 0 saturated heterocycles. The Morgan fingerprint density at radius 2 is 2.00 bits per heavy atom. The van der Waals surface area contributed by atoms with Crippen molar-refractivity contribution in [1.29, 1.82) is 0 Å². The molecule has 0 fully saturated rings. The Morgan fingerprint density at radius 1 is 1.27 bits per heavy atom. The third-order valence-electron chi connectivity index (χ3n) is 2.40. The molecule has 2 aromatic rings. The minimum absolute atomic E-state index is 0.0392. The van der Waals surface area contributed by atoms with E-state index in [1.807, 2.05) is 12.1 Å². The van der Waals surface area contributed by atoms with Crippen LogP contribution in [0.1, 0.15) is 26.5 Å². The molecule has 15 heavy (non-hydrogen) atoms. The maximum Gasteiger partial charge on any atom is 0.189 e. The van der Waals surface area contributed by atoms with Crippen LogP contribution in [0.25, 0.3) is 10.8 Å². The van der Waals surface area contributed by atoms with E-state index in [1.54, 1.807) is 6.20 Å². The molecule has 3 heteroatoms. The lowest BCUT2D eigenvalue weighted by atomic mass is 9.91. The van der Waals surface area contributed by atoms with Crippen molar-refractivity contribution >= 4 is 10.8 Å². The molecular weight excluding hydrogens is 188 g/mol. The highest BCUT2D eigenvalue weighted by Gasteiger charge is 2.15. The molecule has 0 saturated carbocycles. The van der Waals surface area contributed by atoms with Gasteiger partial charge >= 0.3 is 0 Å². The van der Waals surface area contributed by atoms with E-state index < -0.39 is 0 Å². The van der Waals surface area contributed by atoms with E-state index in [9.17, 15) is 5.21 Å². The maximum atomic E-state index is 11.1. The van der Waals surface area contributed by atoms with Gasteiger partial charge in [0.25, 0.3) is 0 Å². The Labute approximate surface area is 89.0 Å². The van der Waals surface area contributed by atoms with Crippen molar-refractivity contribution in [3.05, 3.63) is 41.6 Å². The van der Waals surface area contributed by atoms with Gasteiger partial charge in [-0.15, -0.1) is 0 Å². The quantitative estimate of drug-likeness (QED) is 0.485. The predicted molar refractivity (Wildman–Crippen MR) is 59.4 cm³/mol. The van der Waals surface area contributed by atoms with Crippen molar-refractivity contribution < 1.29 is 4.73 Å². The molecule has 0 amide bonds. The van der Waals surface area contributed by atoms with Crippen LogP contribution >= 0.6 is 0 Å². The van der Waals surface area contributed by atoms with Crippen molar-refractivity contribution in [2.24, 2.45) is 0 Å². The second-order valence-corrected chi connectivity index (χ2v) is 4.75. The number of fused-ring (bicyclic) bond motifs is 1. The molecule has 0 aliphatic carbocycles. The number of nitrogens with zero attached hydrogens (tertiary/aromatic N) is 2. The van der Waals surface area contributed by atoms with Gasteiger partial charge in [-0.2, -0.15) is 4.73 Å². The van der Waals surface area contributed by atoms with Gasteiger partial charge in [-0.1, -0.05) is 20.8 Å². The largest absolute Gasteiger partial charge is 0.619 e. The van der Waals surface area contributed by atoms with Crippen molar-refractivity contribution in [3.8, 4) is 0 Å². The van der Waals surface area contributed by atoms with Crippen LogP contribution in [0.2, 0.25) is 0 Å². The Kier molecular flexibility index (Phi) is 2.11. The van der Waals surface area contributed by atoms with Gasteiger partial charge in [0, 0.05) is 23.4 Å². The van der Waals surface area contributed by atoms with E-state index in [4.69, 9.17) is 0 Å². The summed E-state index contributed by atoms with van der Waals surface area (Å²) in [7, 11) is 0. The number of hydrogen-bond acceptors (Lipinski definition) is 2. The standard InChI is InChI=1S/C12H14N2O/c1-12(2,3)11-6-9-4-5-14(15)8-10(9)7-13-11/h4-8H,1-3H3. The Morgan fingerprint density at radius 3 is 2.67 bits per heavy atom. The van der Waals surface area contributed by atoms with Gasteiger partial charge in [-0.3, -0.25) is 4.98 Å². The zero-order chi connectivity index (χ0) is 11.1. The van der Waals surface area contributed by atoms with E-state index in [-0.39, 0.29) is 5.41 Å². The molecule has 3 nitrogen and oxygen atoms in total. The van der Waals surface area contributed by atoms with Crippen LogP contribution in [-0.2, 0) is 5.41 Å². The SMILES string of the molecule is CC(C)(C)c1cc2cc[n+]([O-])cc2cn1. The summed E-state index contributed by atoms with van der Waals surface area (Å²) in [5, 5.41) is 13.0. The molecule has 0 aliphatic rings. The topological polar surface area (TPSA) is 39.8 Å². The molecule has 0 spiro atoms. The lowest BCUT2D eigenvalue weighted by Gasteiger charge is -2.17. The van der Waals surface area contributed by atoms with E-state index >= 15 is 0 Å². The minimum atomic E-state index is 0.0392. The monoisotopic (exact) mass is 202 g/mol. The van der Waals surface area contributed by atoms with E-state index in [0.717, 1.165) is 21.2 Å². The van der Waals surface area contributed by atoms with Crippen LogP contribution in [0, 0.1) is 5.21 Å². The Bertz CT molecular complexity index is 500. The van der Waals surface area contributed by atoms with Crippen LogP contribution in [0.5, 0.6) is 0 Å². The Balaban J connectivity index is 2.62. The second-order valence-electron chi connectivity index (χ2n) is 4.75. The molecule has 0 radical (unpaired) electrons. The second kappa shape index (κ2) is 3.19. The first-order chi connectivity index (χ1) is 6.97. The van der Waals surface area contributed by atoms with Crippen LogP contribution in [0.4, 0.5) is 0 Å². The molecule has 2 aromatic heterocycles. The molecule has 2 heterocycles. The fourth-order valence-electron chi connectivity index (χ4n) is 1.48. The van der Waals surface area contributed by atoms with E-state index in [0.29, 0.717) is 0 Å². The summed E-state index contributed by atoms with van der Waals surface area (Å²) in [5.41, 5.74) is 1.08. The molecule has 0 bridgehead atoms. The molecular formula is C12H14N2O. The maximum absolute atomic E-state index is 11.1. The van der Waals surface area contributed by atoms with Crippen LogP contribution in [0.15, 0.2) is 30.7 Å². The highest BCUT2D eigenvalue weighted by atomic mass is 16.5. The van der Waals surface area contributed by atoms with Gasteiger partial charge in [0.2, 0.25) is 0 Å². The normalized spacial score (nSPS) is 11.9. The zero-order valence-corrected chi connectivity index (χ0v) is 9.19. The van der Waals surface area contributed by atoms with Gasteiger partial charge in [-0.05, 0) is 11.5 Å². The molecule has 0 aromatic carbocycles. The highest BCUT2D eigenvalue weighted by Crippen LogP contribution is 2.22. The lowest BCUT2D eigenvalue weighted by Crippen LogP contribution is -2.23. The van der Waals surface area contributed by atoms with Gasteiger partial charge in [0.15, 0.2) is 12.4 Å². The minimum Gasteiger partial charge on any atom is -0.619 e. The summed E-state index contributed by atoms with van der Waals surface area (Å²) in [6, 6.07) is 3.86. The van der Waals surface area contributed by atoms with Gasteiger partial charge in [0.05, 0.1) is 5.39 Å². The summed E-state index contributed by atoms with van der Waals surface area (Å²) in [5.74, 6) is 0. The molecule has 0 unspecified atom stereocenters. The highest BCUT2D eigenvalue weighted by molar-refractivity contribution is 5.80. The fourth-order valence-corrected chi connectivity index (χ4v) is 1.48. The third-order valence-corrected chi connectivity index (χ3v) is 2.40. The number of aromatic nitrogens is 2. The first-order valence-corrected chi connectivity index (χ1v) is 4.96. The fraction of sp³-hybridized carbons (Fsp3) is 0.333.